The molecule has 0 spiro atoms. The van der Waals surface area contributed by atoms with E-state index in [2.05, 4.69) is 10.1 Å². The standard InChI is InChI=1S/C12H12ClN3O2/c1-16-12(14-7-15-16)6-10(17)9-4-3-8(13)5-11(9)18-2/h3-5,7H,6H2,1-2H3. The molecule has 0 N–H and O–H groups in total. The number of ether oxygens (including phenoxy) is 1. The lowest BCUT2D eigenvalue weighted by atomic mass is 10.1. The van der Waals surface area contributed by atoms with Crippen molar-refractivity contribution in [1.82, 2.24) is 14.8 Å². The highest BCUT2D eigenvalue weighted by atomic mass is 35.5. The van der Waals surface area contributed by atoms with E-state index in [-0.39, 0.29) is 12.2 Å². The van der Waals surface area contributed by atoms with Crippen LogP contribution in [0.1, 0.15) is 16.2 Å². The maximum Gasteiger partial charge on any atom is 0.174 e. The fourth-order valence-electron chi connectivity index (χ4n) is 1.61. The average molecular weight is 266 g/mol. The summed E-state index contributed by atoms with van der Waals surface area (Å²) in [5.74, 6) is 0.992. The van der Waals surface area contributed by atoms with Crippen LogP contribution in [0.3, 0.4) is 0 Å². The molecule has 0 amide bonds. The second-order valence-corrected chi connectivity index (χ2v) is 4.18. The van der Waals surface area contributed by atoms with Gasteiger partial charge in [0.05, 0.1) is 19.1 Å². The van der Waals surface area contributed by atoms with Crippen LogP contribution in [0, 0.1) is 0 Å². The third kappa shape index (κ3) is 2.51. The molecule has 0 bridgehead atoms. The summed E-state index contributed by atoms with van der Waals surface area (Å²) in [7, 11) is 3.25. The van der Waals surface area contributed by atoms with Crippen LogP contribution >= 0.6 is 11.6 Å². The van der Waals surface area contributed by atoms with Crippen molar-refractivity contribution < 1.29 is 9.53 Å². The molecule has 0 saturated carbocycles. The van der Waals surface area contributed by atoms with Crippen molar-refractivity contribution in [1.29, 1.82) is 0 Å². The van der Waals surface area contributed by atoms with E-state index in [0.29, 0.717) is 22.2 Å². The summed E-state index contributed by atoms with van der Waals surface area (Å²) in [5.41, 5.74) is 0.491. The number of carbonyl (C=O) groups is 1. The van der Waals surface area contributed by atoms with Crippen molar-refractivity contribution in [2.24, 2.45) is 7.05 Å². The van der Waals surface area contributed by atoms with Gasteiger partial charge in [-0.15, -0.1) is 0 Å². The molecule has 0 radical (unpaired) electrons. The second kappa shape index (κ2) is 5.18. The Balaban J connectivity index is 2.26. The van der Waals surface area contributed by atoms with Gasteiger partial charge in [-0.05, 0) is 18.2 Å². The molecule has 2 rings (SSSR count). The van der Waals surface area contributed by atoms with Gasteiger partial charge in [0.15, 0.2) is 5.78 Å². The van der Waals surface area contributed by atoms with Gasteiger partial charge < -0.3 is 4.74 Å². The van der Waals surface area contributed by atoms with Crippen molar-refractivity contribution in [3.8, 4) is 5.75 Å². The van der Waals surface area contributed by atoms with E-state index in [4.69, 9.17) is 16.3 Å². The van der Waals surface area contributed by atoms with E-state index in [1.165, 1.54) is 13.4 Å². The van der Waals surface area contributed by atoms with E-state index < -0.39 is 0 Å². The van der Waals surface area contributed by atoms with E-state index in [0.717, 1.165) is 0 Å². The lowest BCUT2D eigenvalue weighted by molar-refractivity contribution is 0.0986. The summed E-state index contributed by atoms with van der Waals surface area (Å²) in [6, 6.07) is 4.93. The van der Waals surface area contributed by atoms with Gasteiger partial charge in [0.2, 0.25) is 0 Å². The molecule has 1 aromatic carbocycles. The Morgan fingerprint density at radius 3 is 2.89 bits per heavy atom. The zero-order valence-electron chi connectivity index (χ0n) is 10.1. The third-order valence-electron chi connectivity index (χ3n) is 2.59. The molecule has 1 aromatic heterocycles. The molecule has 0 aliphatic carbocycles. The van der Waals surface area contributed by atoms with Gasteiger partial charge in [0.25, 0.3) is 0 Å². The van der Waals surface area contributed by atoms with Gasteiger partial charge in [0.1, 0.15) is 17.9 Å². The van der Waals surface area contributed by atoms with Crippen molar-refractivity contribution in [3.63, 3.8) is 0 Å². The number of nitrogens with zero attached hydrogens (tertiary/aromatic N) is 3. The Morgan fingerprint density at radius 1 is 1.50 bits per heavy atom. The van der Waals surface area contributed by atoms with Crippen molar-refractivity contribution in [3.05, 3.63) is 40.9 Å². The lowest BCUT2D eigenvalue weighted by Gasteiger charge is -2.07. The van der Waals surface area contributed by atoms with Crippen molar-refractivity contribution >= 4 is 17.4 Å². The summed E-state index contributed by atoms with van der Waals surface area (Å²) >= 11 is 5.85. The van der Waals surface area contributed by atoms with Gasteiger partial charge in [-0.25, -0.2) is 4.98 Å². The van der Waals surface area contributed by atoms with E-state index in [1.807, 2.05) is 0 Å². The Hall–Kier alpha value is -1.88. The maximum atomic E-state index is 12.2. The van der Waals surface area contributed by atoms with Crippen molar-refractivity contribution in [2.75, 3.05) is 7.11 Å². The van der Waals surface area contributed by atoms with E-state index in [9.17, 15) is 4.79 Å². The number of halogens is 1. The molecular weight excluding hydrogens is 254 g/mol. The smallest absolute Gasteiger partial charge is 0.174 e. The zero-order valence-corrected chi connectivity index (χ0v) is 10.8. The molecule has 0 unspecified atom stereocenters. The van der Waals surface area contributed by atoms with Crippen LogP contribution in [0.2, 0.25) is 5.02 Å². The fraction of sp³-hybridized carbons (Fsp3) is 0.250. The first-order valence-corrected chi connectivity index (χ1v) is 5.69. The number of aromatic nitrogens is 3. The van der Waals surface area contributed by atoms with Crippen molar-refractivity contribution in [2.45, 2.75) is 6.42 Å². The van der Waals surface area contributed by atoms with Crippen LogP contribution in [0.4, 0.5) is 0 Å². The zero-order chi connectivity index (χ0) is 13.1. The predicted octanol–water partition coefficient (Wildman–Crippen LogP) is 1.90. The highest BCUT2D eigenvalue weighted by Gasteiger charge is 2.15. The van der Waals surface area contributed by atoms with Crippen LogP contribution in [-0.2, 0) is 13.5 Å². The lowest BCUT2D eigenvalue weighted by Crippen LogP contribution is -2.10. The summed E-state index contributed by atoms with van der Waals surface area (Å²) in [5, 5.41) is 4.45. The van der Waals surface area contributed by atoms with E-state index >= 15 is 0 Å². The summed E-state index contributed by atoms with van der Waals surface area (Å²) in [6.45, 7) is 0. The number of methoxy groups -OCH3 is 1. The average Bonchev–Trinajstić information content (AvgIpc) is 2.74. The minimum absolute atomic E-state index is 0.0837. The third-order valence-corrected chi connectivity index (χ3v) is 2.82. The summed E-state index contributed by atoms with van der Waals surface area (Å²) < 4.78 is 6.72. The minimum Gasteiger partial charge on any atom is -0.496 e. The SMILES string of the molecule is COc1cc(Cl)ccc1C(=O)Cc1ncnn1C. The van der Waals surface area contributed by atoms with Crippen LogP contribution in [-0.4, -0.2) is 27.7 Å². The molecule has 2 aromatic rings. The molecular formula is C12H12ClN3O2. The molecule has 0 aliphatic rings. The Morgan fingerprint density at radius 2 is 2.28 bits per heavy atom. The highest BCUT2D eigenvalue weighted by molar-refractivity contribution is 6.30. The number of hydrogen-bond donors (Lipinski definition) is 0. The normalized spacial score (nSPS) is 10.4. The Kier molecular flexibility index (Phi) is 3.62. The fourth-order valence-corrected chi connectivity index (χ4v) is 1.78. The Bertz CT molecular complexity index is 580. The number of Topliss-reactive ketones (excluding diaryl/α,β-unsaturated/α-hetero) is 1. The number of rotatable bonds is 4. The topological polar surface area (TPSA) is 57.0 Å². The largest absolute Gasteiger partial charge is 0.496 e. The quantitative estimate of drug-likeness (QED) is 0.793. The molecule has 18 heavy (non-hydrogen) atoms. The van der Waals surface area contributed by atoms with Gasteiger partial charge >= 0.3 is 0 Å². The monoisotopic (exact) mass is 265 g/mol. The molecule has 6 heteroatoms. The first-order valence-electron chi connectivity index (χ1n) is 5.31. The maximum absolute atomic E-state index is 12.2. The number of aryl methyl sites for hydroxylation is 1. The van der Waals surface area contributed by atoms with Gasteiger partial charge in [0, 0.05) is 12.1 Å². The van der Waals surface area contributed by atoms with Crippen LogP contribution in [0.15, 0.2) is 24.5 Å². The number of benzene rings is 1. The highest BCUT2D eigenvalue weighted by Crippen LogP contribution is 2.24. The first-order chi connectivity index (χ1) is 8.61. The van der Waals surface area contributed by atoms with Gasteiger partial charge in [-0.1, -0.05) is 11.6 Å². The molecule has 5 nitrogen and oxygen atoms in total. The van der Waals surface area contributed by atoms with Gasteiger partial charge in [-0.3, -0.25) is 9.48 Å². The van der Waals surface area contributed by atoms with Crippen LogP contribution in [0.5, 0.6) is 5.75 Å². The molecule has 0 saturated heterocycles. The van der Waals surface area contributed by atoms with Crippen LogP contribution < -0.4 is 4.74 Å². The first kappa shape index (κ1) is 12.6. The molecule has 0 aliphatic heterocycles. The summed E-state index contributed by atoms with van der Waals surface area (Å²) in [4.78, 5) is 16.2. The summed E-state index contributed by atoms with van der Waals surface area (Å²) in [6.07, 6.45) is 1.59. The Labute approximate surface area is 109 Å². The van der Waals surface area contributed by atoms with E-state index in [1.54, 1.807) is 29.9 Å². The molecule has 1 heterocycles. The molecule has 0 fully saturated rings. The second-order valence-electron chi connectivity index (χ2n) is 3.74. The minimum atomic E-state index is -0.0837. The molecule has 94 valence electrons. The molecule has 0 atom stereocenters. The van der Waals surface area contributed by atoms with Gasteiger partial charge in [-0.2, -0.15) is 5.10 Å². The van der Waals surface area contributed by atoms with Crippen LogP contribution in [0.25, 0.3) is 0 Å². The predicted molar refractivity (Wildman–Crippen MR) is 67.0 cm³/mol. The number of carbonyl (C=O) groups excluding carboxylic acids is 1. The number of hydrogen-bond acceptors (Lipinski definition) is 4. The number of ketones is 1.